The summed E-state index contributed by atoms with van der Waals surface area (Å²) in [7, 11) is 0. The Morgan fingerprint density at radius 2 is 1.95 bits per heavy atom. The summed E-state index contributed by atoms with van der Waals surface area (Å²) in [6.45, 7) is 9.40. The maximum Gasteiger partial charge on any atom is 0.410 e. The molecule has 1 aromatic heterocycles. The van der Waals surface area contributed by atoms with Crippen molar-refractivity contribution < 1.29 is 19.4 Å². The Balaban J connectivity index is 2.91. The molecule has 0 bridgehead atoms. The zero-order chi connectivity index (χ0) is 16.2. The van der Waals surface area contributed by atoms with Gasteiger partial charge in [-0.15, -0.1) is 0 Å². The number of hydrogen-bond acceptors (Lipinski definition) is 4. The molecule has 0 saturated carbocycles. The third-order valence-electron chi connectivity index (χ3n) is 2.65. The Hall–Kier alpha value is -2.11. The van der Waals surface area contributed by atoms with Gasteiger partial charge in [0.2, 0.25) is 0 Å². The fourth-order valence-electron chi connectivity index (χ4n) is 1.67. The minimum atomic E-state index is -1.04. The molecule has 0 unspecified atom stereocenters. The van der Waals surface area contributed by atoms with Gasteiger partial charge < -0.3 is 14.7 Å². The largest absolute Gasteiger partial charge is 0.478 e. The lowest BCUT2D eigenvalue weighted by molar-refractivity contribution is 0.0172. The second-order valence-corrected chi connectivity index (χ2v) is 6.09. The third kappa shape index (κ3) is 5.41. The van der Waals surface area contributed by atoms with Crippen LogP contribution in [0.5, 0.6) is 0 Å². The van der Waals surface area contributed by atoms with Gasteiger partial charge in [0, 0.05) is 18.4 Å². The molecule has 0 aliphatic carbocycles. The monoisotopic (exact) mass is 294 g/mol. The number of hydrogen-bond donors (Lipinski definition) is 1. The van der Waals surface area contributed by atoms with E-state index in [0.29, 0.717) is 5.56 Å². The van der Waals surface area contributed by atoms with E-state index >= 15 is 0 Å². The molecule has 1 amide bonds. The van der Waals surface area contributed by atoms with Crippen LogP contribution in [0.1, 0.15) is 50.5 Å². The Kier molecular flexibility index (Phi) is 5.29. The quantitative estimate of drug-likeness (QED) is 0.923. The summed E-state index contributed by atoms with van der Waals surface area (Å²) in [5, 5.41) is 8.97. The number of amides is 1. The molecule has 21 heavy (non-hydrogen) atoms. The number of carbonyl (C=O) groups excluding carboxylic acids is 1. The fraction of sp³-hybridized carbons (Fsp3) is 0.533. The predicted octanol–water partition coefficient (Wildman–Crippen LogP) is 2.93. The second-order valence-electron chi connectivity index (χ2n) is 6.09. The first-order chi connectivity index (χ1) is 9.60. The number of ether oxygens (including phenoxy) is 1. The van der Waals surface area contributed by atoms with Gasteiger partial charge in [-0.05, 0) is 46.2 Å². The van der Waals surface area contributed by atoms with Crippen molar-refractivity contribution in [1.29, 1.82) is 0 Å². The summed E-state index contributed by atoms with van der Waals surface area (Å²) in [6, 6.07) is 1.43. The van der Waals surface area contributed by atoms with Crippen molar-refractivity contribution in [2.24, 2.45) is 0 Å². The van der Waals surface area contributed by atoms with Crippen LogP contribution in [-0.2, 0) is 11.3 Å². The highest BCUT2D eigenvalue weighted by atomic mass is 16.6. The fourth-order valence-corrected chi connectivity index (χ4v) is 1.67. The van der Waals surface area contributed by atoms with Gasteiger partial charge >= 0.3 is 12.1 Å². The van der Waals surface area contributed by atoms with Gasteiger partial charge in [0.1, 0.15) is 5.60 Å². The first kappa shape index (κ1) is 16.9. The summed E-state index contributed by atoms with van der Waals surface area (Å²) in [4.78, 5) is 28.6. The van der Waals surface area contributed by atoms with E-state index in [4.69, 9.17) is 9.84 Å². The summed E-state index contributed by atoms with van der Waals surface area (Å²) in [5.74, 6) is -1.04. The Bertz CT molecular complexity index is 521. The van der Waals surface area contributed by atoms with Crippen LogP contribution in [0.3, 0.4) is 0 Å². The molecule has 0 aromatic carbocycles. The summed E-state index contributed by atoms with van der Waals surface area (Å²) in [5.41, 5.74) is 0.167. The maximum absolute atomic E-state index is 12.2. The van der Waals surface area contributed by atoms with Crippen molar-refractivity contribution >= 4 is 12.1 Å². The molecule has 0 aliphatic rings. The van der Waals surface area contributed by atoms with Crippen molar-refractivity contribution in [2.45, 2.75) is 52.8 Å². The third-order valence-corrected chi connectivity index (χ3v) is 2.65. The van der Waals surface area contributed by atoms with Crippen LogP contribution in [0.2, 0.25) is 0 Å². The van der Waals surface area contributed by atoms with Crippen molar-refractivity contribution in [3.8, 4) is 0 Å². The Labute approximate surface area is 124 Å². The number of pyridine rings is 1. The van der Waals surface area contributed by atoms with Gasteiger partial charge in [0.15, 0.2) is 0 Å². The number of carboxylic acids is 1. The van der Waals surface area contributed by atoms with E-state index in [9.17, 15) is 9.59 Å². The highest BCUT2D eigenvalue weighted by Gasteiger charge is 2.24. The van der Waals surface area contributed by atoms with Crippen LogP contribution >= 0.6 is 0 Å². The first-order valence-electron chi connectivity index (χ1n) is 6.77. The van der Waals surface area contributed by atoms with Crippen molar-refractivity contribution in [3.63, 3.8) is 0 Å². The maximum atomic E-state index is 12.2. The minimum absolute atomic E-state index is 0.0756. The lowest BCUT2D eigenvalue weighted by atomic mass is 10.2. The molecule has 1 rings (SSSR count). The van der Waals surface area contributed by atoms with Crippen LogP contribution < -0.4 is 0 Å². The summed E-state index contributed by atoms with van der Waals surface area (Å²) >= 11 is 0. The number of nitrogens with zero attached hydrogens (tertiary/aromatic N) is 2. The van der Waals surface area contributed by atoms with Crippen molar-refractivity contribution in [2.75, 3.05) is 0 Å². The lowest BCUT2D eigenvalue weighted by Gasteiger charge is -2.30. The van der Waals surface area contributed by atoms with E-state index in [0.717, 1.165) is 0 Å². The van der Waals surface area contributed by atoms with Gasteiger partial charge in [-0.1, -0.05) is 0 Å². The molecule has 1 heterocycles. The van der Waals surface area contributed by atoms with E-state index in [1.165, 1.54) is 17.2 Å². The van der Waals surface area contributed by atoms with Crippen LogP contribution in [0.15, 0.2) is 18.5 Å². The van der Waals surface area contributed by atoms with Gasteiger partial charge in [0.05, 0.1) is 12.1 Å². The van der Waals surface area contributed by atoms with Crippen LogP contribution in [0.4, 0.5) is 4.79 Å². The molecule has 6 heteroatoms. The first-order valence-corrected chi connectivity index (χ1v) is 6.77. The number of aromatic carboxylic acids is 1. The molecule has 0 aliphatic heterocycles. The normalized spacial score (nSPS) is 11.3. The molecule has 6 nitrogen and oxygen atoms in total. The van der Waals surface area contributed by atoms with E-state index < -0.39 is 17.7 Å². The zero-order valence-electron chi connectivity index (χ0n) is 13.1. The SMILES string of the molecule is CC(C)N(Cc1cncc(C(=O)O)c1)C(=O)OC(C)(C)C. The van der Waals surface area contributed by atoms with E-state index in [1.807, 2.05) is 13.8 Å². The Morgan fingerprint density at radius 1 is 1.33 bits per heavy atom. The molecular formula is C15H22N2O4. The number of carboxylic acid groups (broad SMARTS) is 1. The number of carbonyl (C=O) groups is 2. The second kappa shape index (κ2) is 6.56. The highest BCUT2D eigenvalue weighted by Crippen LogP contribution is 2.15. The van der Waals surface area contributed by atoms with Gasteiger partial charge in [0.25, 0.3) is 0 Å². The van der Waals surface area contributed by atoms with Gasteiger partial charge in [-0.3, -0.25) is 4.98 Å². The standard InChI is InChI=1S/C15H22N2O4/c1-10(2)17(14(20)21-15(3,4)5)9-11-6-12(13(18)19)8-16-7-11/h6-8,10H,9H2,1-5H3,(H,18,19). The lowest BCUT2D eigenvalue weighted by Crippen LogP contribution is -2.40. The summed E-state index contributed by atoms with van der Waals surface area (Å²) in [6.07, 6.45) is 2.39. The minimum Gasteiger partial charge on any atom is -0.478 e. The van der Waals surface area contributed by atoms with Crippen molar-refractivity contribution in [3.05, 3.63) is 29.6 Å². The molecule has 1 aromatic rings. The molecule has 1 N–H and O–H groups in total. The van der Waals surface area contributed by atoms with Gasteiger partial charge in [-0.25, -0.2) is 9.59 Å². The smallest absolute Gasteiger partial charge is 0.410 e. The zero-order valence-corrected chi connectivity index (χ0v) is 13.1. The molecular weight excluding hydrogens is 272 g/mol. The molecule has 0 saturated heterocycles. The van der Waals surface area contributed by atoms with E-state index in [-0.39, 0.29) is 18.2 Å². The number of aromatic nitrogens is 1. The van der Waals surface area contributed by atoms with Gasteiger partial charge in [-0.2, -0.15) is 0 Å². The average Bonchev–Trinajstić information content (AvgIpc) is 2.33. The molecule has 116 valence electrons. The van der Waals surface area contributed by atoms with Crippen LogP contribution in [0.25, 0.3) is 0 Å². The molecule has 0 atom stereocenters. The predicted molar refractivity (Wildman–Crippen MR) is 78.1 cm³/mol. The number of rotatable bonds is 4. The topological polar surface area (TPSA) is 79.7 Å². The van der Waals surface area contributed by atoms with Crippen LogP contribution in [-0.4, -0.2) is 38.7 Å². The van der Waals surface area contributed by atoms with Crippen LogP contribution in [0, 0.1) is 0 Å². The molecule has 0 spiro atoms. The van der Waals surface area contributed by atoms with Crippen molar-refractivity contribution in [1.82, 2.24) is 9.88 Å². The van der Waals surface area contributed by atoms with E-state index in [2.05, 4.69) is 4.98 Å². The average molecular weight is 294 g/mol. The molecule has 0 radical (unpaired) electrons. The van der Waals surface area contributed by atoms with E-state index in [1.54, 1.807) is 27.0 Å². The summed E-state index contributed by atoms with van der Waals surface area (Å²) < 4.78 is 5.36. The highest BCUT2D eigenvalue weighted by molar-refractivity contribution is 5.87. The Morgan fingerprint density at radius 3 is 2.43 bits per heavy atom. The molecule has 0 fully saturated rings.